The second kappa shape index (κ2) is 426000. The lowest BCUT2D eigenvalue weighted by Crippen LogP contribution is -1.69. The van der Waals surface area contributed by atoms with Gasteiger partial charge in [-0.25, -0.2) is 0 Å². The van der Waals surface area contributed by atoms with Crippen molar-refractivity contribution in [1.29, 1.82) is 0 Å². The quantitative estimate of drug-likeness (QED) is 0.393. The molecule has 8 N–H and O–H groups in total. The molecule has 0 aliphatic rings. The van der Waals surface area contributed by atoms with Gasteiger partial charge in [-0.15, -0.1) is 0 Å². The molecule has 0 amide bonds. The zero-order valence-corrected chi connectivity index (χ0v) is 22.3. The number of rotatable bonds is 0. The largest absolute Gasteiger partial charge is 0.333 e. The molecule has 0 unspecified atom stereocenters. The van der Waals surface area contributed by atoms with Gasteiger partial charge in [0.15, 0.2) is 0 Å². The molecule has 4 heteroatoms. The second-order valence-corrected chi connectivity index (χ2v) is 0. The first-order chi connectivity index (χ1) is 12.0. The van der Waals surface area contributed by atoms with E-state index in [2.05, 4.69) is 22.9 Å². The molecule has 0 bridgehead atoms. The number of hydrogen-bond acceptors (Lipinski definition) is 4. The fraction of sp³-hybridized carbons (Fsp3) is 1.00. The predicted molar refractivity (Wildman–Crippen MR) is 131 cm³/mol. The Bertz CT molecular complexity index is 15.6. The Kier molecular flexibility index (Phi) is 1570000. The summed E-state index contributed by atoms with van der Waals surface area (Å²) in [5.41, 5.74) is 18.0. The van der Waals surface area contributed by atoms with Crippen molar-refractivity contribution in [2.24, 2.45) is 22.9 Å². The van der Waals surface area contributed by atoms with Crippen LogP contribution in [0.2, 0.25) is 0 Å². The van der Waals surface area contributed by atoms with Crippen LogP contribution in [0.4, 0.5) is 0 Å². The maximum atomic E-state index is 4.50. The van der Waals surface area contributed by atoms with E-state index in [-0.39, 0.29) is 0 Å². The Balaban J connectivity index is -0.00000000655. The highest BCUT2D eigenvalue weighted by atomic mass is 14.4. The van der Waals surface area contributed by atoms with Crippen molar-refractivity contribution in [2.75, 3.05) is 28.2 Å². The highest BCUT2D eigenvalue weighted by Crippen LogP contribution is 1.16. The Morgan fingerprint density at radius 1 is 0.167 bits per heavy atom. The topological polar surface area (TPSA) is 104 Å². The molecule has 0 aliphatic heterocycles. The smallest absolute Gasteiger partial charge is 0.0195 e. The summed E-state index contributed by atoms with van der Waals surface area (Å²) in [5, 5.41) is 0. The van der Waals surface area contributed by atoms with Crippen LogP contribution in [0, 0.1) is 0 Å². The fourth-order valence-electron chi connectivity index (χ4n) is 0. The first-order valence-electron chi connectivity index (χ1n) is 10.3. The summed E-state index contributed by atoms with van der Waals surface area (Å²) >= 11 is 0. The Morgan fingerprint density at radius 2 is 0.167 bits per heavy atom. The van der Waals surface area contributed by atoms with Crippen LogP contribution in [0.3, 0.4) is 0 Å². The van der Waals surface area contributed by atoms with Crippen molar-refractivity contribution < 1.29 is 0 Å². The van der Waals surface area contributed by atoms with Gasteiger partial charge in [0.25, 0.3) is 0 Å². The van der Waals surface area contributed by atoms with Gasteiger partial charge in [0.1, 0.15) is 0 Å². The molecule has 0 radical (unpaired) electrons. The summed E-state index contributed by atoms with van der Waals surface area (Å²) in [6, 6.07) is 0. The van der Waals surface area contributed by atoms with E-state index in [0.29, 0.717) is 0 Å². The van der Waals surface area contributed by atoms with Crippen molar-refractivity contribution in [3.63, 3.8) is 0 Å². The molecule has 0 spiro atoms. The molecule has 0 aromatic rings. The lowest BCUT2D eigenvalue weighted by molar-refractivity contribution is 1.48. The lowest BCUT2D eigenvalue weighted by atomic mass is 11.0. The molecule has 0 aromatic heterocycles. The molecule has 0 heterocycles. The summed E-state index contributed by atoms with van der Waals surface area (Å²) in [6.07, 6.45) is 0. The minimum absolute atomic E-state index is 1.50. The van der Waals surface area contributed by atoms with E-state index in [1.54, 1.807) is 0 Å². The molecule has 4 nitrogen and oxygen atoms in total. The predicted octanol–water partition coefficient (Wildman–Crippen LogP) is 6.51. The minimum atomic E-state index is 1.50. The van der Waals surface area contributed by atoms with Crippen LogP contribution >= 0.6 is 0 Å². The van der Waals surface area contributed by atoms with E-state index in [9.17, 15) is 0 Å². The van der Waals surface area contributed by atoms with Crippen LogP contribution in [-0.4, -0.2) is 28.2 Å². The molecular weight excluding hydrogens is 296 g/mol. The lowest BCUT2D eigenvalue weighted by Gasteiger charge is -1.19. The van der Waals surface area contributed by atoms with Crippen LogP contribution in [0.5, 0.6) is 0 Å². The summed E-state index contributed by atoms with van der Waals surface area (Å²) < 4.78 is 0. The van der Waals surface area contributed by atoms with Gasteiger partial charge in [0.2, 0.25) is 0 Å². The number of hydrogen-bond donors (Lipinski definition) is 4. The van der Waals surface area contributed by atoms with E-state index in [1.165, 1.54) is 28.2 Å². The third kappa shape index (κ3) is 371000. The van der Waals surface area contributed by atoms with Crippen molar-refractivity contribution in [2.45, 2.75) is 111 Å². The molecule has 0 saturated carbocycles. The fourth-order valence-corrected chi connectivity index (χ4v) is 0. The zero-order valence-electron chi connectivity index (χ0n) is 22.3. The van der Waals surface area contributed by atoms with E-state index < -0.39 is 0 Å². The van der Waals surface area contributed by atoms with Gasteiger partial charge < -0.3 is 22.9 Å². The van der Waals surface area contributed by atoms with Crippen molar-refractivity contribution in [3.05, 3.63) is 0 Å². The average molecular weight is 365 g/mol. The van der Waals surface area contributed by atoms with Crippen molar-refractivity contribution in [3.8, 4) is 0 Å². The Hall–Kier alpha value is -0.160. The molecule has 168 valence electrons. The summed E-state index contributed by atoms with van der Waals surface area (Å²) in [7, 11) is 6.00. The molecule has 0 aliphatic carbocycles. The van der Waals surface area contributed by atoms with E-state index in [0.717, 1.165) is 0 Å². The van der Waals surface area contributed by atoms with Gasteiger partial charge in [0.05, 0.1) is 0 Å². The van der Waals surface area contributed by atoms with E-state index in [1.807, 2.05) is 111 Å². The van der Waals surface area contributed by atoms with Gasteiger partial charge >= 0.3 is 0 Å². The molecule has 0 atom stereocenters. The average Bonchev–Trinajstić information content (AvgIpc) is 2.84. The van der Waals surface area contributed by atoms with Crippen molar-refractivity contribution in [1.82, 2.24) is 0 Å². The van der Waals surface area contributed by atoms with Crippen LogP contribution in [0.25, 0.3) is 0 Å². The third-order valence-corrected chi connectivity index (χ3v) is 0. The van der Waals surface area contributed by atoms with E-state index >= 15 is 0 Å². The van der Waals surface area contributed by atoms with Gasteiger partial charge in [-0.05, 0) is 28.2 Å². The first-order valence-corrected chi connectivity index (χ1v) is 10.3. The maximum absolute atomic E-state index is 4.50. The van der Waals surface area contributed by atoms with Gasteiger partial charge in [-0.3, -0.25) is 0 Å². The minimum Gasteiger partial charge on any atom is -0.333 e. The van der Waals surface area contributed by atoms with Crippen LogP contribution < -0.4 is 22.9 Å². The number of nitrogens with two attached hydrogens (primary N) is 4. The highest BCUT2D eigenvalue weighted by molar-refractivity contribution is 3.55. The molecular formula is C20H68N4. The zero-order chi connectivity index (χ0) is 24.0. The van der Waals surface area contributed by atoms with Gasteiger partial charge in [-0.1, -0.05) is 111 Å². The summed E-state index contributed by atoms with van der Waals surface area (Å²) in [4.78, 5) is 0. The summed E-state index contributed by atoms with van der Waals surface area (Å²) in [6.45, 7) is 32.0. The second-order valence-electron chi connectivity index (χ2n) is 0. The monoisotopic (exact) mass is 365 g/mol. The van der Waals surface area contributed by atoms with Gasteiger partial charge in [-0.2, -0.15) is 0 Å². The molecule has 24 heavy (non-hydrogen) atoms. The third-order valence-electron chi connectivity index (χ3n) is 0. The first kappa shape index (κ1) is 88.7. The molecule has 0 fully saturated rings. The van der Waals surface area contributed by atoms with Gasteiger partial charge in [0, 0.05) is 0 Å². The standard InChI is InChI=1S/8C2H6.4CH5N/c12*1-2/h8*1-2H3;4*2H2,1H3. The van der Waals surface area contributed by atoms with Crippen LogP contribution in [0.1, 0.15) is 111 Å². The SMILES string of the molecule is CC.CC.CC.CC.CC.CC.CC.CC.CN.CN.CN.CN. The Labute approximate surface area is 162 Å². The normalized spacial score (nSPS) is 3.00. The van der Waals surface area contributed by atoms with Crippen LogP contribution in [0.15, 0.2) is 0 Å². The van der Waals surface area contributed by atoms with Crippen LogP contribution in [-0.2, 0) is 0 Å². The maximum Gasteiger partial charge on any atom is -0.0195 e. The molecule has 0 aromatic carbocycles. The Morgan fingerprint density at radius 3 is 0.167 bits per heavy atom. The van der Waals surface area contributed by atoms with Crippen molar-refractivity contribution >= 4 is 0 Å². The molecule has 0 rings (SSSR count). The van der Waals surface area contributed by atoms with E-state index in [4.69, 9.17) is 0 Å². The summed E-state index contributed by atoms with van der Waals surface area (Å²) in [5.74, 6) is 0. The highest BCUT2D eigenvalue weighted by Gasteiger charge is 0.947. The molecule has 0 saturated heterocycles.